The highest BCUT2D eigenvalue weighted by Gasteiger charge is 2.34. The molecule has 7 heteroatoms. The third-order valence-corrected chi connectivity index (χ3v) is 8.16. The summed E-state index contributed by atoms with van der Waals surface area (Å²) in [7, 11) is -1.18. The Kier molecular flexibility index (Phi) is 7.16. The normalized spacial score (nSPS) is 20.0. The van der Waals surface area contributed by atoms with E-state index in [0.29, 0.717) is 19.6 Å². The molecule has 1 atom stereocenters. The molecule has 2 aromatic rings. The molecule has 0 aliphatic carbocycles. The molecule has 2 aliphatic rings. The molecular formula is C25H33N3O3S. The zero-order valence-electron chi connectivity index (χ0n) is 18.8. The lowest BCUT2D eigenvalue weighted by atomic mass is 10.0. The minimum atomic E-state index is -3.01. The number of likely N-dealkylation sites (N-methyl/N-ethyl adjacent to an activating group) is 1. The lowest BCUT2D eigenvalue weighted by molar-refractivity contribution is -0.136. The van der Waals surface area contributed by atoms with Crippen molar-refractivity contribution in [3.05, 3.63) is 65.7 Å². The van der Waals surface area contributed by atoms with Crippen molar-refractivity contribution >= 4 is 21.4 Å². The molecule has 0 aromatic heterocycles. The van der Waals surface area contributed by atoms with Gasteiger partial charge in [0.15, 0.2) is 9.84 Å². The third-order valence-electron chi connectivity index (χ3n) is 6.55. The Balaban J connectivity index is 1.47. The van der Waals surface area contributed by atoms with E-state index in [9.17, 15) is 13.2 Å². The lowest BCUT2D eigenvalue weighted by Gasteiger charge is -2.36. The molecule has 1 amide bonds. The fraction of sp³-hybridized carbons (Fsp3) is 0.480. The molecule has 0 saturated carbocycles. The van der Waals surface area contributed by atoms with Gasteiger partial charge in [-0.2, -0.15) is 0 Å². The van der Waals surface area contributed by atoms with Crippen molar-refractivity contribution in [1.29, 1.82) is 0 Å². The van der Waals surface area contributed by atoms with Crippen LogP contribution in [0.25, 0.3) is 0 Å². The molecule has 1 unspecified atom stereocenters. The second kappa shape index (κ2) is 10.0. The monoisotopic (exact) mass is 455 g/mol. The maximum Gasteiger partial charge on any atom is 0.244 e. The Labute approximate surface area is 191 Å². The smallest absolute Gasteiger partial charge is 0.244 e. The second-order valence-corrected chi connectivity index (χ2v) is 11.2. The van der Waals surface area contributed by atoms with Gasteiger partial charge >= 0.3 is 0 Å². The fourth-order valence-corrected chi connectivity index (χ4v) is 5.88. The Bertz CT molecular complexity index is 988. The average molecular weight is 456 g/mol. The highest BCUT2D eigenvalue weighted by atomic mass is 32.2. The van der Waals surface area contributed by atoms with Crippen molar-refractivity contribution in [3.63, 3.8) is 0 Å². The quantitative estimate of drug-likeness (QED) is 0.670. The first-order valence-corrected chi connectivity index (χ1v) is 13.3. The summed E-state index contributed by atoms with van der Waals surface area (Å²) in [5.41, 5.74) is 3.25. The summed E-state index contributed by atoms with van der Waals surface area (Å²) in [6.07, 6.45) is 3.81. The fourth-order valence-electron chi connectivity index (χ4n) is 4.65. The maximum atomic E-state index is 13.5. The number of carbonyl (C=O) groups excluding carboxylic acids is 1. The number of benzene rings is 2. The molecular weight excluding hydrogens is 422 g/mol. The van der Waals surface area contributed by atoms with Gasteiger partial charge in [-0.3, -0.25) is 9.69 Å². The zero-order chi connectivity index (χ0) is 22.6. The predicted octanol–water partition coefficient (Wildman–Crippen LogP) is 3.11. The van der Waals surface area contributed by atoms with Gasteiger partial charge in [0.2, 0.25) is 5.91 Å². The SMILES string of the molecule is CN(Cc1ccc(N2CCCCC2)cc1)C(=O)C(c1ccccc1)N1CCS(=O)(=O)CC1. The third kappa shape index (κ3) is 5.51. The minimum absolute atomic E-state index is 0.00407. The number of nitrogens with zero attached hydrogens (tertiary/aromatic N) is 3. The zero-order valence-corrected chi connectivity index (χ0v) is 19.6. The second-order valence-electron chi connectivity index (χ2n) is 8.91. The van der Waals surface area contributed by atoms with Crippen molar-refractivity contribution in [3.8, 4) is 0 Å². The van der Waals surface area contributed by atoms with Crippen LogP contribution >= 0.6 is 0 Å². The van der Waals surface area contributed by atoms with Crippen LogP contribution in [-0.4, -0.2) is 68.9 Å². The van der Waals surface area contributed by atoms with Crippen LogP contribution in [-0.2, 0) is 21.2 Å². The van der Waals surface area contributed by atoms with Gasteiger partial charge in [0.25, 0.3) is 0 Å². The van der Waals surface area contributed by atoms with E-state index in [4.69, 9.17) is 0 Å². The van der Waals surface area contributed by atoms with Crippen LogP contribution in [0.4, 0.5) is 5.69 Å². The van der Waals surface area contributed by atoms with E-state index in [0.717, 1.165) is 24.2 Å². The van der Waals surface area contributed by atoms with Gasteiger partial charge in [-0.1, -0.05) is 42.5 Å². The van der Waals surface area contributed by atoms with Gasteiger partial charge < -0.3 is 9.80 Å². The molecule has 2 heterocycles. The molecule has 4 rings (SSSR count). The van der Waals surface area contributed by atoms with E-state index in [2.05, 4.69) is 29.2 Å². The highest BCUT2D eigenvalue weighted by Crippen LogP contribution is 2.26. The van der Waals surface area contributed by atoms with Gasteiger partial charge in [0.05, 0.1) is 11.5 Å². The molecule has 0 bridgehead atoms. The van der Waals surface area contributed by atoms with E-state index in [-0.39, 0.29) is 17.4 Å². The van der Waals surface area contributed by atoms with Crippen molar-refractivity contribution in [2.45, 2.75) is 31.8 Å². The van der Waals surface area contributed by atoms with E-state index in [1.807, 2.05) is 42.3 Å². The molecule has 2 aromatic carbocycles. The Hall–Kier alpha value is -2.38. The lowest BCUT2D eigenvalue weighted by Crippen LogP contribution is -2.47. The number of anilines is 1. The van der Waals surface area contributed by atoms with Crippen molar-refractivity contribution in [2.24, 2.45) is 0 Å². The maximum absolute atomic E-state index is 13.5. The van der Waals surface area contributed by atoms with Gasteiger partial charge in [0, 0.05) is 45.5 Å². The summed E-state index contributed by atoms with van der Waals surface area (Å²) in [5, 5.41) is 0. The van der Waals surface area contributed by atoms with Crippen molar-refractivity contribution < 1.29 is 13.2 Å². The van der Waals surface area contributed by atoms with Gasteiger partial charge in [-0.05, 0) is 42.5 Å². The Morgan fingerprint density at radius 2 is 1.53 bits per heavy atom. The van der Waals surface area contributed by atoms with Crippen LogP contribution in [0.1, 0.15) is 36.4 Å². The van der Waals surface area contributed by atoms with Crippen LogP contribution in [0.15, 0.2) is 54.6 Å². The molecule has 6 nitrogen and oxygen atoms in total. The summed E-state index contributed by atoms with van der Waals surface area (Å²) >= 11 is 0. The molecule has 0 radical (unpaired) electrons. The molecule has 172 valence electrons. The number of sulfone groups is 1. The molecule has 2 saturated heterocycles. The highest BCUT2D eigenvalue weighted by molar-refractivity contribution is 7.91. The first-order chi connectivity index (χ1) is 15.4. The number of piperidine rings is 1. The van der Waals surface area contributed by atoms with Crippen LogP contribution in [0.3, 0.4) is 0 Å². The molecule has 2 aliphatic heterocycles. The van der Waals surface area contributed by atoms with Crippen molar-refractivity contribution in [2.75, 3.05) is 49.6 Å². The molecule has 32 heavy (non-hydrogen) atoms. The van der Waals surface area contributed by atoms with Gasteiger partial charge in [-0.25, -0.2) is 8.42 Å². The van der Waals surface area contributed by atoms with Gasteiger partial charge in [-0.15, -0.1) is 0 Å². The topological polar surface area (TPSA) is 60.9 Å². The van der Waals surface area contributed by atoms with E-state index >= 15 is 0 Å². The largest absolute Gasteiger partial charge is 0.372 e. The number of rotatable bonds is 6. The van der Waals surface area contributed by atoms with E-state index < -0.39 is 15.9 Å². The predicted molar refractivity (Wildman–Crippen MR) is 128 cm³/mol. The summed E-state index contributed by atoms with van der Waals surface area (Å²) in [6.45, 7) is 3.51. The first kappa shape index (κ1) is 22.8. The molecule has 0 spiro atoms. The first-order valence-electron chi connectivity index (χ1n) is 11.5. The Morgan fingerprint density at radius 3 is 2.16 bits per heavy atom. The van der Waals surface area contributed by atoms with Crippen LogP contribution in [0.5, 0.6) is 0 Å². The average Bonchev–Trinajstić information content (AvgIpc) is 2.82. The summed E-state index contributed by atoms with van der Waals surface area (Å²) in [6, 6.07) is 17.7. The summed E-state index contributed by atoms with van der Waals surface area (Å²) in [5.74, 6) is 0.201. The van der Waals surface area contributed by atoms with Crippen LogP contribution in [0.2, 0.25) is 0 Å². The number of amides is 1. The Morgan fingerprint density at radius 1 is 0.906 bits per heavy atom. The standard InChI is InChI=1S/C25H33N3O3S/c1-26(20-21-10-12-23(13-11-21)27-14-6-3-7-15-27)25(29)24(22-8-4-2-5-9-22)28-16-18-32(30,31)19-17-28/h2,4-5,8-13,24H,3,6-7,14-20H2,1H3. The van der Waals surface area contributed by atoms with Crippen LogP contribution in [0, 0.1) is 0 Å². The summed E-state index contributed by atoms with van der Waals surface area (Å²) < 4.78 is 23.8. The van der Waals surface area contributed by atoms with Gasteiger partial charge in [0.1, 0.15) is 6.04 Å². The molecule has 2 fully saturated rings. The number of hydrogen-bond acceptors (Lipinski definition) is 5. The molecule has 0 N–H and O–H groups in total. The minimum Gasteiger partial charge on any atom is -0.372 e. The van der Waals surface area contributed by atoms with Crippen LogP contribution < -0.4 is 4.90 Å². The number of hydrogen-bond donors (Lipinski definition) is 0. The number of carbonyl (C=O) groups is 1. The summed E-state index contributed by atoms with van der Waals surface area (Å²) in [4.78, 5) is 19.7. The van der Waals surface area contributed by atoms with E-state index in [1.54, 1.807) is 4.90 Å². The van der Waals surface area contributed by atoms with E-state index in [1.165, 1.54) is 24.9 Å². The van der Waals surface area contributed by atoms with Crippen molar-refractivity contribution in [1.82, 2.24) is 9.80 Å².